The minimum Gasteiger partial charge on any atom is -0.370 e. The van der Waals surface area contributed by atoms with Crippen LogP contribution in [0.25, 0.3) is 22.1 Å². The molecule has 3 aromatic rings. The quantitative estimate of drug-likeness (QED) is 0.731. The first-order valence-electron chi connectivity index (χ1n) is 8.60. The molecule has 27 heavy (non-hydrogen) atoms. The molecule has 2 N–H and O–H groups in total. The van der Waals surface area contributed by atoms with Gasteiger partial charge in [-0.1, -0.05) is 0 Å². The molecule has 10 heteroatoms. The molecule has 1 amide bonds. The van der Waals surface area contributed by atoms with E-state index >= 15 is 0 Å². The lowest BCUT2D eigenvalue weighted by Gasteiger charge is -2.34. The molecule has 1 saturated heterocycles. The van der Waals surface area contributed by atoms with Gasteiger partial charge < -0.3 is 15.2 Å². The normalized spacial score (nSPS) is 18.2. The Bertz CT molecular complexity index is 986. The number of pyridine rings is 1. The van der Waals surface area contributed by atoms with Gasteiger partial charge in [0.1, 0.15) is 6.54 Å². The van der Waals surface area contributed by atoms with Crippen molar-refractivity contribution in [3.05, 3.63) is 24.5 Å². The highest BCUT2D eigenvalue weighted by Crippen LogP contribution is 2.32. The summed E-state index contributed by atoms with van der Waals surface area (Å²) in [5.41, 5.74) is 1.99. The van der Waals surface area contributed by atoms with Crippen LogP contribution in [0, 0.1) is 5.92 Å². The highest BCUT2D eigenvalue weighted by atomic mass is 19.4. The number of carbonyl (C=O) groups excluding carboxylic acids is 1. The lowest BCUT2D eigenvalue weighted by Crippen LogP contribution is -2.45. The Hall–Kier alpha value is -2.91. The van der Waals surface area contributed by atoms with Crippen molar-refractivity contribution in [2.45, 2.75) is 19.0 Å². The maximum atomic E-state index is 12.4. The number of nitrogens with one attached hydrogen (secondary N) is 2. The molecule has 142 valence electrons. The molecule has 0 saturated carbocycles. The van der Waals surface area contributed by atoms with Gasteiger partial charge in [-0.25, -0.2) is 4.98 Å². The number of aromatic amines is 1. The lowest BCUT2D eigenvalue weighted by molar-refractivity contribution is -0.140. The summed E-state index contributed by atoms with van der Waals surface area (Å²) in [6, 6.07) is 3.73. The number of anilines is 1. The number of nitrogens with zero attached hydrogens (tertiary/aromatic N) is 4. The van der Waals surface area contributed by atoms with E-state index < -0.39 is 24.5 Å². The predicted octanol–water partition coefficient (Wildman–Crippen LogP) is 2.40. The highest BCUT2D eigenvalue weighted by Gasteiger charge is 2.32. The molecule has 1 fully saturated rings. The van der Waals surface area contributed by atoms with Crippen LogP contribution in [0.4, 0.5) is 18.9 Å². The Morgan fingerprint density at radius 1 is 1.33 bits per heavy atom. The average molecular weight is 378 g/mol. The van der Waals surface area contributed by atoms with E-state index in [-0.39, 0.29) is 0 Å². The maximum Gasteiger partial charge on any atom is 0.405 e. The zero-order valence-electron chi connectivity index (χ0n) is 14.3. The molecule has 3 aromatic heterocycles. The number of hydrogen-bond donors (Lipinski definition) is 2. The van der Waals surface area contributed by atoms with Gasteiger partial charge in [0, 0.05) is 36.6 Å². The third-order valence-electron chi connectivity index (χ3n) is 4.74. The second-order valence-corrected chi connectivity index (χ2v) is 6.59. The molecule has 1 unspecified atom stereocenters. The summed E-state index contributed by atoms with van der Waals surface area (Å²) in [6.45, 7) is -0.248. The van der Waals surface area contributed by atoms with Crippen molar-refractivity contribution >= 4 is 33.7 Å². The number of hydrogen-bond acceptors (Lipinski definition) is 5. The molecule has 0 radical (unpaired) electrons. The van der Waals surface area contributed by atoms with Gasteiger partial charge in [0.15, 0.2) is 11.3 Å². The Labute approximate surface area is 152 Å². The van der Waals surface area contributed by atoms with Crippen LogP contribution in [-0.2, 0) is 4.79 Å². The van der Waals surface area contributed by atoms with Crippen LogP contribution >= 0.6 is 0 Å². The third-order valence-corrected chi connectivity index (χ3v) is 4.74. The minimum atomic E-state index is -4.41. The topological polar surface area (TPSA) is 86.8 Å². The van der Waals surface area contributed by atoms with Gasteiger partial charge in [-0.15, -0.1) is 10.2 Å². The Kier molecular flexibility index (Phi) is 4.33. The third kappa shape index (κ3) is 3.51. The number of amides is 1. The van der Waals surface area contributed by atoms with Crippen molar-refractivity contribution in [2.75, 3.05) is 24.5 Å². The summed E-state index contributed by atoms with van der Waals surface area (Å²) in [7, 11) is 0. The van der Waals surface area contributed by atoms with Gasteiger partial charge in [0.25, 0.3) is 0 Å². The van der Waals surface area contributed by atoms with Crippen LogP contribution in [0.2, 0.25) is 0 Å². The van der Waals surface area contributed by atoms with Gasteiger partial charge in [-0.2, -0.15) is 13.2 Å². The predicted molar refractivity (Wildman–Crippen MR) is 93.2 cm³/mol. The molecule has 4 heterocycles. The maximum absolute atomic E-state index is 12.4. The smallest absolute Gasteiger partial charge is 0.370 e. The van der Waals surface area contributed by atoms with Crippen molar-refractivity contribution in [3.8, 4) is 0 Å². The van der Waals surface area contributed by atoms with E-state index in [4.69, 9.17) is 0 Å². The molecule has 4 rings (SSSR count). The molecule has 0 spiro atoms. The fourth-order valence-corrected chi connectivity index (χ4v) is 3.52. The van der Waals surface area contributed by atoms with E-state index in [0.717, 1.165) is 16.5 Å². The van der Waals surface area contributed by atoms with Crippen molar-refractivity contribution in [1.82, 2.24) is 25.5 Å². The van der Waals surface area contributed by atoms with Crippen molar-refractivity contribution < 1.29 is 18.0 Å². The number of fused-ring (bicyclic) bond motifs is 3. The lowest BCUT2D eigenvalue weighted by atomic mass is 9.96. The van der Waals surface area contributed by atoms with Crippen LogP contribution in [0.15, 0.2) is 24.5 Å². The first-order chi connectivity index (χ1) is 12.9. The Morgan fingerprint density at radius 2 is 2.19 bits per heavy atom. The first-order valence-corrected chi connectivity index (χ1v) is 8.60. The molecule has 7 nitrogen and oxygen atoms in total. The average Bonchev–Trinajstić information content (AvgIpc) is 3.14. The number of H-pyrrole nitrogens is 1. The van der Waals surface area contributed by atoms with E-state index in [0.29, 0.717) is 37.2 Å². The summed E-state index contributed by atoms with van der Waals surface area (Å²) in [6.07, 6.45) is 0.251. The number of halogens is 3. The van der Waals surface area contributed by atoms with E-state index in [1.165, 1.54) is 0 Å². The molecule has 1 atom stereocenters. The van der Waals surface area contributed by atoms with E-state index in [1.54, 1.807) is 12.4 Å². The Balaban J connectivity index is 1.62. The zero-order valence-corrected chi connectivity index (χ0v) is 14.3. The largest absolute Gasteiger partial charge is 0.405 e. The zero-order chi connectivity index (χ0) is 19.0. The Morgan fingerprint density at radius 3 is 3.00 bits per heavy atom. The summed E-state index contributed by atoms with van der Waals surface area (Å²) in [4.78, 5) is 21.4. The molecular weight excluding hydrogens is 361 g/mol. The number of piperidine rings is 1. The first kappa shape index (κ1) is 17.5. The molecular formula is C17H17F3N6O. The second kappa shape index (κ2) is 6.67. The van der Waals surface area contributed by atoms with Crippen molar-refractivity contribution in [3.63, 3.8) is 0 Å². The van der Waals surface area contributed by atoms with Gasteiger partial charge in [0.2, 0.25) is 5.91 Å². The van der Waals surface area contributed by atoms with Crippen LogP contribution in [0.3, 0.4) is 0 Å². The second-order valence-electron chi connectivity index (χ2n) is 6.59. The van der Waals surface area contributed by atoms with Gasteiger partial charge in [-0.05, 0) is 25.0 Å². The van der Waals surface area contributed by atoms with Gasteiger partial charge in [-0.3, -0.25) is 4.79 Å². The molecule has 0 bridgehead atoms. The van der Waals surface area contributed by atoms with Crippen LogP contribution < -0.4 is 10.2 Å². The molecule has 0 aliphatic carbocycles. The standard InChI is InChI=1S/C17H17F3N6O/c18-17(19,20)9-23-16(27)10-2-1-7-26(8-10)12-4-6-22-15-13(12)11-3-5-21-14(11)24-25-15/h3-6,10H,1-2,7-9H2,(H,22,25)(H,23,27). The SMILES string of the molecule is O=C(NCC(F)(F)F)C1CCCN(c2cc[nH]c3nnc4nccc4c23)C1. The van der Waals surface area contributed by atoms with Crippen LogP contribution in [-0.4, -0.2) is 51.9 Å². The van der Waals surface area contributed by atoms with E-state index in [1.807, 2.05) is 22.3 Å². The molecule has 1 aliphatic rings. The summed E-state index contributed by atoms with van der Waals surface area (Å²) in [5, 5.41) is 11.9. The van der Waals surface area contributed by atoms with Crippen LogP contribution in [0.5, 0.6) is 0 Å². The molecule has 1 aliphatic heterocycles. The fraction of sp³-hybridized carbons (Fsp3) is 0.412. The van der Waals surface area contributed by atoms with Crippen molar-refractivity contribution in [2.24, 2.45) is 5.92 Å². The van der Waals surface area contributed by atoms with Gasteiger partial charge >= 0.3 is 6.18 Å². The number of aromatic nitrogens is 4. The summed E-state index contributed by atoms with van der Waals surface area (Å²) in [5.74, 6) is -1.06. The summed E-state index contributed by atoms with van der Waals surface area (Å²) < 4.78 is 37.1. The monoisotopic (exact) mass is 378 g/mol. The molecule has 0 aromatic carbocycles. The summed E-state index contributed by atoms with van der Waals surface area (Å²) >= 11 is 0. The fourth-order valence-electron chi connectivity index (χ4n) is 3.52. The van der Waals surface area contributed by atoms with E-state index in [2.05, 4.69) is 20.2 Å². The van der Waals surface area contributed by atoms with Gasteiger partial charge in [0.05, 0.1) is 11.3 Å². The number of alkyl halides is 3. The highest BCUT2D eigenvalue weighted by molar-refractivity contribution is 6.08. The van der Waals surface area contributed by atoms with Crippen LogP contribution in [0.1, 0.15) is 12.8 Å². The number of carbonyl (C=O) groups is 1. The minimum absolute atomic E-state index is 0.348. The number of rotatable bonds is 3. The van der Waals surface area contributed by atoms with E-state index in [9.17, 15) is 18.0 Å². The van der Waals surface area contributed by atoms with Crippen molar-refractivity contribution in [1.29, 1.82) is 0 Å².